The number of hydrogen-bond acceptors (Lipinski definition) is 3. The average Bonchev–Trinajstić information content (AvgIpc) is 2.63. The fraction of sp³-hybridized carbons (Fsp3) is 0.529. The first-order valence-electron chi connectivity index (χ1n) is 7.66. The summed E-state index contributed by atoms with van der Waals surface area (Å²) in [6.45, 7) is 11.8. The van der Waals surface area contributed by atoms with Crippen LogP contribution in [0.4, 0.5) is 5.69 Å². The second-order valence-corrected chi connectivity index (χ2v) is 7.21. The standard InChI is InChI=1S/C17H23BrN2O2/c1-10(2)19(11(3)4)6-7-20-15-13(16(21)17(20)22)8-12(5)9-14(15)18/h8-11H,6-7H2,1-5H3. The molecule has 22 heavy (non-hydrogen) atoms. The highest BCUT2D eigenvalue weighted by atomic mass is 79.9. The van der Waals surface area contributed by atoms with E-state index in [9.17, 15) is 9.59 Å². The zero-order chi connectivity index (χ0) is 16.6. The molecule has 0 fully saturated rings. The molecule has 0 aromatic heterocycles. The van der Waals surface area contributed by atoms with E-state index in [4.69, 9.17) is 0 Å². The zero-order valence-electron chi connectivity index (χ0n) is 13.8. The van der Waals surface area contributed by atoms with Crippen LogP contribution in [0.2, 0.25) is 0 Å². The second-order valence-electron chi connectivity index (χ2n) is 6.35. The van der Waals surface area contributed by atoms with Crippen LogP contribution in [0.25, 0.3) is 0 Å². The Morgan fingerprint density at radius 1 is 1.14 bits per heavy atom. The first-order valence-corrected chi connectivity index (χ1v) is 8.45. The average molecular weight is 367 g/mol. The van der Waals surface area contributed by atoms with Gasteiger partial charge in [0.15, 0.2) is 0 Å². The lowest BCUT2D eigenvalue weighted by Gasteiger charge is -2.32. The molecule has 120 valence electrons. The molecule has 1 heterocycles. The number of ketones is 1. The molecule has 1 aliphatic rings. The summed E-state index contributed by atoms with van der Waals surface area (Å²) in [7, 11) is 0. The first-order chi connectivity index (χ1) is 10.2. The van der Waals surface area contributed by atoms with E-state index in [1.54, 1.807) is 11.0 Å². The largest absolute Gasteiger partial charge is 0.302 e. The Morgan fingerprint density at radius 3 is 2.27 bits per heavy atom. The smallest absolute Gasteiger partial charge is 0.299 e. The van der Waals surface area contributed by atoms with Crippen molar-refractivity contribution in [3.05, 3.63) is 27.7 Å². The van der Waals surface area contributed by atoms with Crippen LogP contribution in [0.5, 0.6) is 0 Å². The topological polar surface area (TPSA) is 40.6 Å². The highest BCUT2D eigenvalue weighted by Gasteiger charge is 2.37. The monoisotopic (exact) mass is 366 g/mol. The molecule has 2 rings (SSSR count). The summed E-state index contributed by atoms with van der Waals surface area (Å²) in [6.07, 6.45) is 0. The Balaban J connectivity index is 2.27. The van der Waals surface area contributed by atoms with E-state index in [0.29, 0.717) is 29.9 Å². The summed E-state index contributed by atoms with van der Waals surface area (Å²) in [5.41, 5.74) is 2.20. The fourth-order valence-corrected chi connectivity index (χ4v) is 3.85. The third-order valence-corrected chi connectivity index (χ3v) is 4.67. The molecule has 1 aliphatic heterocycles. The molecule has 4 nitrogen and oxygen atoms in total. The van der Waals surface area contributed by atoms with Gasteiger partial charge in [0.2, 0.25) is 0 Å². The number of anilines is 1. The molecular weight excluding hydrogens is 344 g/mol. The Kier molecular flexibility index (Phi) is 5.07. The van der Waals surface area contributed by atoms with Crippen molar-refractivity contribution in [2.24, 2.45) is 0 Å². The van der Waals surface area contributed by atoms with Crippen LogP contribution in [0.1, 0.15) is 43.6 Å². The summed E-state index contributed by atoms with van der Waals surface area (Å²) >= 11 is 3.50. The van der Waals surface area contributed by atoms with E-state index in [1.165, 1.54) is 0 Å². The molecule has 0 radical (unpaired) electrons. The van der Waals surface area contributed by atoms with Gasteiger partial charge in [-0.1, -0.05) is 0 Å². The van der Waals surface area contributed by atoms with Crippen molar-refractivity contribution in [3.63, 3.8) is 0 Å². The summed E-state index contributed by atoms with van der Waals surface area (Å²) in [6, 6.07) is 4.53. The molecule has 0 saturated carbocycles. The Labute approximate surface area is 140 Å². The maximum Gasteiger partial charge on any atom is 0.299 e. The van der Waals surface area contributed by atoms with Gasteiger partial charge in [0.1, 0.15) is 0 Å². The SMILES string of the molecule is Cc1cc(Br)c2c(c1)C(=O)C(=O)N2CCN(C(C)C)C(C)C. The van der Waals surface area contributed by atoms with E-state index in [2.05, 4.69) is 48.5 Å². The molecule has 0 spiro atoms. The summed E-state index contributed by atoms with van der Waals surface area (Å²) in [5.74, 6) is -0.825. The molecule has 0 atom stereocenters. The van der Waals surface area contributed by atoms with Crippen molar-refractivity contribution in [3.8, 4) is 0 Å². The lowest BCUT2D eigenvalue weighted by atomic mass is 10.1. The number of amides is 1. The minimum atomic E-state index is -0.422. The molecule has 0 N–H and O–H groups in total. The van der Waals surface area contributed by atoms with Gasteiger partial charge in [-0.15, -0.1) is 0 Å². The number of carbonyl (C=O) groups is 2. The molecule has 0 bridgehead atoms. The Bertz CT molecular complexity index is 603. The molecule has 5 heteroatoms. The summed E-state index contributed by atoms with van der Waals surface area (Å²) in [4.78, 5) is 28.4. The van der Waals surface area contributed by atoms with Crippen LogP contribution in [-0.4, -0.2) is 41.8 Å². The van der Waals surface area contributed by atoms with E-state index >= 15 is 0 Å². The second kappa shape index (κ2) is 6.50. The number of aryl methyl sites for hydroxylation is 1. The van der Waals surface area contributed by atoms with Gasteiger partial charge in [-0.25, -0.2) is 0 Å². The van der Waals surface area contributed by atoms with Crippen LogP contribution < -0.4 is 4.90 Å². The van der Waals surface area contributed by atoms with E-state index < -0.39 is 11.7 Å². The molecule has 0 aliphatic carbocycles. The van der Waals surface area contributed by atoms with Gasteiger partial charge in [0.05, 0.1) is 11.3 Å². The van der Waals surface area contributed by atoms with Crippen LogP contribution in [0, 0.1) is 6.92 Å². The molecule has 0 saturated heterocycles. The van der Waals surface area contributed by atoms with Crippen LogP contribution in [-0.2, 0) is 4.79 Å². The van der Waals surface area contributed by atoms with E-state index in [0.717, 1.165) is 16.6 Å². The maximum atomic E-state index is 12.3. The lowest BCUT2D eigenvalue weighted by Crippen LogP contribution is -2.44. The van der Waals surface area contributed by atoms with Crippen LogP contribution >= 0.6 is 15.9 Å². The number of rotatable bonds is 5. The minimum Gasteiger partial charge on any atom is -0.302 e. The first kappa shape index (κ1) is 17.2. The molecule has 0 unspecified atom stereocenters. The number of hydrogen-bond donors (Lipinski definition) is 0. The zero-order valence-corrected chi connectivity index (χ0v) is 15.4. The molecular formula is C17H23BrN2O2. The predicted octanol–water partition coefficient (Wildman–Crippen LogP) is 3.41. The van der Waals surface area contributed by atoms with Gasteiger partial charge in [-0.05, 0) is 68.2 Å². The number of halogens is 1. The fourth-order valence-electron chi connectivity index (χ4n) is 3.06. The van der Waals surface area contributed by atoms with Gasteiger partial charge < -0.3 is 4.90 Å². The molecule has 1 aromatic carbocycles. The number of benzene rings is 1. The van der Waals surface area contributed by atoms with Gasteiger partial charge in [-0.3, -0.25) is 14.5 Å². The number of Topliss-reactive ketones (excluding diaryl/α,β-unsaturated/α-hetero) is 1. The maximum absolute atomic E-state index is 12.3. The van der Waals surface area contributed by atoms with Gasteiger partial charge in [-0.2, -0.15) is 0 Å². The highest BCUT2D eigenvalue weighted by Crippen LogP contribution is 2.37. The third-order valence-electron chi connectivity index (χ3n) is 4.07. The third kappa shape index (κ3) is 3.10. The van der Waals surface area contributed by atoms with Gasteiger partial charge in [0, 0.05) is 29.6 Å². The quantitative estimate of drug-likeness (QED) is 0.749. The van der Waals surface area contributed by atoms with Crippen molar-refractivity contribution in [1.29, 1.82) is 0 Å². The number of nitrogens with zero attached hydrogens (tertiary/aromatic N) is 2. The van der Waals surface area contributed by atoms with Crippen molar-refractivity contribution >= 4 is 33.3 Å². The van der Waals surface area contributed by atoms with E-state index in [1.807, 2.05) is 13.0 Å². The van der Waals surface area contributed by atoms with Gasteiger partial charge in [0.25, 0.3) is 11.7 Å². The van der Waals surface area contributed by atoms with Gasteiger partial charge >= 0.3 is 0 Å². The van der Waals surface area contributed by atoms with Crippen molar-refractivity contribution < 1.29 is 9.59 Å². The normalized spacial score (nSPS) is 14.7. The molecule has 1 aromatic rings. The molecule has 1 amide bonds. The Hall–Kier alpha value is -1.20. The Morgan fingerprint density at radius 2 is 1.73 bits per heavy atom. The number of fused-ring (bicyclic) bond motifs is 1. The van der Waals surface area contributed by atoms with Crippen LogP contribution in [0.3, 0.4) is 0 Å². The number of carbonyl (C=O) groups excluding carboxylic acids is 2. The van der Waals surface area contributed by atoms with Crippen molar-refractivity contribution in [2.75, 3.05) is 18.0 Å². The summed E-state index contributed by atoms with van der Waals surface area (Å²) < 4.78 is 0.808. The predicted molar refractivity (Wildman–Crippen MR) is 92.5 cm³/mol. The van der Waals surface area contributed by atoms with Crippen LogP contribution in [0.15, 0.2) is 16.6 Å². The minimum absolute atomic E-state index is 0.398. The highest BCUT2D eigenvalue weighted by molar-refractivity contribution is 9.10. The van der Waals surface area contributed by atoms with E-state index in [-0.39, 0.29) is 0 Å². The summed E-state index contributed by atoms with van der Waals surface area (Å²) in [5, 5.41) is 0. The van der Waals surface area contributed by atoms with Crippen molar-refractivity contribution in [2.45, 2.75) is 46.7 Å². The lowest BCUT2D eigenvalue weighted by molar-refractivity contribution is -0.114. The van der Waals surface area contributed by atoms with Crippen molar-refractivity contribution in [1.82, 2.24) is 4.90 Å².